The van der Waals surface area contributed by atoms with E-state index < -0.39 is 33.8 Å². The van der Waals surface area contributed by atoms with Gasteiger partial charge in [-0.15, -0.1) is 0 Å². The van der Waals surface area contributed by atoms with Crippen LogP contribution in [0.3, 0.4) is 0 Å². The molecule has 0 aliphatic rings. The smallest absolute Gasteiger partial charge is 0.279 e. The first-order chi connectivity index (χ1) is 14.6. The number of amides is 2. The molecule has 0 fully saturated rings. The van der Waals surface area contributed by atoms with E-state index in [1.54, 1.807) is 13.8 Å². The molecule has 0 aromatic heterocycles. The number of carbonyl (C=O) groups is 2. The van der Waals surface area contributed by atoms with Crippen molar-refractivity contribution in [2.24, 2.45) is 0 Å². The molecule has 0 aliphatic heterocycles. The number of benzene rings is 2. The van der Waals surface area contributed by atoms with Crippen LogP contribution in [0.15, 0.2) is 47.4 Å². The van der Waals surface area contributed by atoms with E-state index in [1.807, 2.05) is 0 Å². The zero-order chi connectivity index (χ0) is 23.2. The van der Waals surface area contributed by atoms with Crippen LogP contribution >= 0.6 is 11.6 Å². The van der Waals surface area contributed by atoms with Crippen molar-refractivity contribution in [1.29, 1.82) is 0 Å². The molecule has 2 N–H and O–H groups in total. The number of carbonyl (C=O) groups excluding carboxylic acids is 2. The maximum Gasteiger partial charge on any atom is 0.279 e. The minimum Gasteiger partial charge on any atom is -0.481 e. The number of nitrogens with one attached hydrogen (secondary N) is 2. The number of hydrogen-bond donors (Lipinski definition) is 2. The van der Waals surface area contributed by atoms with Crippen molar-refractivity contribution in [3.63, 3.8) is 0 Å². The van der Waals surface area contributed by atoms with Crippen molar-refractivity contribution in [2.75, 3.05) is 13.1 Å². The fraction of sp³-hybridized carbons (Fsp3) is 0.300. The number of rotatable bonds is 8. The quantitative estimate of drug-likeness (QED) is 0.576. The molecule has 0 radical (unpaired) electrons. The van der Waals surface area contributed by atoms with Gasteiger partial charge in [-0.3, -0.25) is 20.4 Å². The first kappa shape index (κ1) is 24.6. The van der Waals surface area contributed by atoms with Crippen LogP contribution < -0.4 is 15.6 Å². The highest BCUT2D eigenvalue weighted by molar-refractivity contribution is 7.89. The summed E-state index contributed by atoms with van der Waals surface area (Å²) >= 11 is 6.05. The van der Waals surface area contributed by atoms with E-state index in [2.05, 4.69) is 10.9 Å². The summed E-state index contributed by atoms with van der Waals surface area (Å²) in [6, 6.07) is 8.85. The third-order valence-corrected chi connectivity index (χ3v) is 6.70. The van der Waals surface area contributed by atoms with Crippen LogP contribution in [0, 0.1) is 5.82 Å². The highest BCUT2D eigenvalue weighted by Crippen LogP contribution is 2.23. The molecule has 168 valence electrons. The number of ether oxygens (including phenoxy) is 1. The van der Waals surface area contributed by atoms with Gasteiger partial charge in [-0.1, -0.05) is 25.4 Å². The lowest BCUT2D eigenvalue weighted by atomic mass is 10.2. The highest BCUT2D eigenvalue weighted by Gasteiger charge is 2.24. The zero-order valence-electron chi connectivity index (χ0n) is 17.2. The molecule has 0 saturated heterocycles. The predicted octanol–water partition coefficient (Wildman–Crippen LogP) is 2.74. The average molecular weight is 472 g/mol. The van der Waals surface area contributed by atoms with Gasteiger partial charge in [-0.2, -0.15) is 4.31 Å². The number of hydrazine groups is 1. The molecule has 1 unspecified atom stereocenters. The van der Waals surface area contributed by atoms with Gasteiger partial charge in [0.1, 0.15) is 11.6 Å². The van der Waals surface area contributed by atoms with Gasteiger partial charge in [-0.25, -0.2) is 12.8 Å². The summed E-state index contributed by atoms with van der Waals surface area (Å²) in [7, 11) is -3.80. The van der Waals surface area contributed by atoms with Gasteiger partial charge in [0.2, 0.25) is 10.0 Å². The van der Waals surface area contributed by atoms with Crippen molar-refractivity contribution >= 4 is 33.4 Å². The fourth-order valence-electron chi connectivity index (χ4n) is 2.61. The van der Waals surface area contributed by atoms with Gasteiger partial charge in [0.05, 0.1) is 15.5 Å². The Morgan fingerprint density at radius 2 is 1.71 bits per heavy atom. The third-order valence-electron chi connectivity index (χ3n) is 4.32. The van der Waals surface area contributed by atoms with E-state index in [0.717, 1.165) is 6.07 Å². The second kappa shape index (κ2) is 10.6. The van der Waals surface area contributed by atoms with Crippen molar-refractivity contribution in [2.45, 2.75) is 31.8 Å². The standard InChI is InChI=1S/C20H23ClFN3O5S/c1-4-25(5-2)31(28,29)16-10-11-18(21)17(12-16)20(27)24-23-19(26)13(3)30-15-8-6-14(22)7-9-15/h6-13H,4-5H2,1-3H3,(H,23,26)(H,24,27). The highest BCUT2D eigenvalue weighted by atomic mass is 35.5. The van der Waals surface area contributed by atoms with Crippen molar-refractivity contribution in [3.05, 3.63) is 58.9 Å². The van der Waals surface area contributed by atoms with Crippen LogP contribution in [0.25, 0.3) is 0 Å². The Morgan fingerprint density at radius 1 is 1.10 bits per heavy atom. The van der Waals surface area contributed by atoms with Crippen LogP contribution in [0.1, 0.15) is 31.1 Å². The Morgan fingerprint density at radius 3 is 2.29 bits per heavy atom. The zero-order valence-corrected chi connectivity index (χ0v) is 18.8. The summed E-state index contributed by atoms with van der Waals surface area (Å²) in [5, 5.41) is 0.0147. The number of sulfonamides is 1. The van der Waals surface area contributed by atoms with E-state index in [0.29, 0.717) is 0 Å². The van der Waals surface area contributed by atoms with Crippen molar-refractivity contribution in [3.8, 4) is 5.75 Å². The number of halogens is 2. The van der Waals surface area contributed by atoms with Gasteiger partial charge in [-0.05, 0) is 49.4 Å². The average Bonchev–Trinajstić information content (AvgIpc) is 2.74. The Bertz CT molecular complexity index is 1040. The van der Waals surface area contributed by atoms with Gasteiger partial charge in [0, 0.05) is 13.1 Å². The monoisotopic (exact) mass is 471 g/mol. The largest absolute Gasteiger partial charge is 0.481 e. The first-order valence-corrected chi connectivity index (χ1v) is 11.2. The molecule has 8 nitrogen and oxygen atoms in total. The molecule has 2 amide bonds. The SMILES string of the molecule is CCN(CC)S(=O)(=O)c1ccc(Cl)c(C(=O)NNC(=O)C(C)Oc2ccc(F)cc2)c1. The molecule has 0 spiro atoms. The van der Waals surface area contributed by atoms with E-state index >= 15 is 0 Å². The summed E-state index contributed by atoms with van der Waals surface area (Å²) in [5.41, 5.74) is 4.24. The lowest BCUT2D eigenvalue weighted by molar-refractivity contribution is -0.128. The van der Waals surface area contributed by atoms with Crippen molar-refractivity contribution in [1.82, 2.24) is 15.2 Å². The molecule has 0 saturated carbocycles. The molecule has 31 heavy (non-hydrogen) atoms. The third kappa shape index (κ3) is 6.16. The van der Waals surface area contributed by atoms with Crippen LogP contribution in [-0.4, -0.2) is 43.7 Å². The Labute approximate surface area is 185 Å². The summed E-state index contributed by atoms with van der Waals surface area (Å²) in [4.78, 5) is 24.6. The van der Waals surface area contributed by atoms with Crippen molar-refractivity contribution < 1.29 is 27.1 Å². The van der Waals surface area contributed by atoms with Crippen LogP contribution in [0.4, 0.5) is 4.39 Å². The van der Waals surface area contributed by atoms with Crippen LogP contribution in [0.5, 0.6) is 5.75 Å². The van der Waals surface area contributed by atoms with Gasteiger partial charge in [0.15, 0.2) is 6.10 Å². The molecule has 2 aromatic carbocycles. The Hall–Kier alpha value is -2.69. The summed E-state index contributed by atoms with van der Waals surface area (Å²) in [6.45, 7) is 5.38. The topological polar surface area (TPSA) is 105 Å². The van der Waals surface area contributed by atoms with Crippen LogP contribution in [0.2, 0.25) is 5.02 Å². The summed E-state index contributed by atoms with van der Waals surface area (Å²) < 4.78 is 44.9. The minimum absolute atomic E-state index is 0.0147. The maximum absolute atomic E-state index is 12.9. The molecule has 2 aromatic rings. The van der Waals surface area contributed by atoms with Crippen LogP contribution in [-0.2, 0) is 14.8 Å². The van der Waals surface area contributed by atoms with E-state index in [4.69, 9.17) is 16.3 Å². The lowest BCUT2D eigenvalue weighted by Gasteiger charge is -2.19. The second-order valence-corrected chi connectivity index (χ2v) is 8.73. The molecule has 0 aliphatic carbocycles. The molecule has 2 rings (SSSR count). The molecule has 0 heterocycles. The molecular formula is C20H23ClFN3O5S. The van der Waals surface area contributed by atoms with E-state index in [1.165, 1.54) is 47.6 Å². The number of hydrogen-bond acceptors (Lipinski definition) is 5. The van der Waals surface area contributed by atoms with E-state index in [-0.39, 0.29) is 34.3 Å². The second-order valence-electron chi connectivity index (χ2n) is 6.39. The molecular weight excluding hydrogens is 449 g/mol. The lowest BCUT2D eigenvalue weighted by Crippen LogP contribution is -2.47. The minimum atomic E-state index is -3.80. The molecule has 1 atom stereocenters. The maximum atomic E-state index is 12.9. The predicted molar refractivity (Wildman–Crippen MR) is 114 cm³/mol. The number of nitrogens with zero attached hydrogens (tertiary/aromatic N) is 1. The van der Waals surface area contributed by atoms with Gasteiger partial charge in [0.25, 0.3) is 11.8 Å². The molecule has 11 heteroatoms. The Balaban J connectivity index is 2.07. The van der Waals surface area contributed by atoms with Gasteiger partial charge >= 0.3 is 0 Å². The summed E-state index contributed by atoms with van der Waals surface area (Å²) in [5.74, 6) is -1.66. The van der Waals surface area contributed by atoms with Gasteiger partial charge < -0.3 is 4.74 Å². The Kier molecular flexibility index (Phi) is 8.37. The first-order valence-electron chi connectivity index (χ1n) is 9.42. The van der Waals surface area contributed by atoms with E-state index in [9.17, 15) is 22.4 Å². The molecule has 0 bridgehead atoms. The normalized spacial score (nSPS) is 12.3. The fourth-order valence-corrected chi connectivity index (χ4v) is 4.30. The summed E-state index contributed by atoms with van der Waals surface area (Å²) in [6.07, 6.45) is -1.00.